The SMILES string of the molecule is CNC1CCOCC1Cc1cccc([N+](=O)[O-])c1F. The van der Waals surface area contributed by atoms with Crippen molar-refractivity contribution < 1.29 is 14.1 Å². The average Bonchev–Trinajstić information content (AvgIpc) is 2.41. The van der Waals surface area contributed by atoms with E-state index in [1.165, 1.54) is 12.1 Å². The Hall–Kier alpha value is -1.53. The lowest BCUT2D eigenvalue weighted by Crippen LogP contribution is -2.42. The molecule has 1 saturated heterocycles. The molecule has 2 rings (SSSR count). The third kappa shape index (κ3) is 3.08. The van der Waals surface area contributed by atoms with Crippen LogP contribution < -0.4 is 5.32 Å². The maximum Gasteiger partial charge on any atom is 0.305 e. The van der Waals surface area contributed by atoms with Crippen LogP contribution in [0.5, 0.6) is 0 Å². The Morgan fingerprint density at radius 2 is 2.37 bits per heavy atom. The van der Waals surface area contributed by atoms with Crippen molar-refractivity contribution in [3.05, 3.63) is 39.7 Å². The maximum absolute atomic E-state index is 14.0. The van der Waals surface area contributed by atoms with Gasteiger partial charge in [0, 0.05) is 24.6 Å². The second-order valence-corrected chi connectivity index (χ2v) is 4.73. The number of nitro benzene ring substituents is 1. The van der Waals surface area contributed by atoms with E-state index in [4.69, 9.17) is 4.74 Å². The number of nitrogens with zero attached hydrogens (tertiary/aromatic N) is 1. The van der Waals surface area contributed by atoms with Crippen LogP contribution in [0.15, 0.2) is 18.2 Å². The van der Waals surface area contributed by atoms with Crippen LogP contribution in [-0.2, 0) is 11.2 Å². The molecule has 104 valence electrons. The second kappa shape index (κ2) is 6.08. The van der Waals surface area contributed by atoms with Gasteiger partial charge in [0.05, 0.1) is 11.5 Å². The first kappa shape index (κ1) is 13.9. The predicted molar refractivity (Wildman–Crippen MR) is 68.5 cm³/mol. The molecule has 0 aliphatic carbocycles. The Morgan fingerprint density at radius 1 is 1.58 bits per heavy atom. The van der Waals surface area contributed by atoms with Crippen LogP contribution in [0.2, 0.25) is 0 Å². The summed E-state index contributed by atoms with van der Waals surface area (Å²) in [5.41, 5.74) is -0.0832. The standard InChI is InChI=1S/C13H17FN2O3/c1-15-11-5-6-19-8-10(11)7-9-3-2-4-12(13(9)14)16(17)18/h2-4,10-11,15H,5-8H2,1H3. The van der Waals surface area contributed by atoms with E-state index >= 15 is 0 Å². The molecule has 1 heterocycles. The lowest BCUT2D eigenvalue weighted by atomic mass is 9.89. The molecule has 1 aromatic rings. The molecule has 6 heteroatoms. The topological polar surface area (TPSA) is 64.4 Å². The molecule has 0 spiro atoms. The van der Waals surface area contributed by atoms with Crippen LogP contribution in [0.4, 0.5) is 10.1 Å². The van der Waals surface area contributed by atoms with Gasteiger partial charge < -0.3 is 10.1 Å². The number of ether oxygens (including phenoxy) is 1. The van der Waals surface area contributed by atoms with E-state index in [2.05, 4.69) is 5.32 Å². The number of hydrogen-bond acceptors (Lipinski definition) is 4. The molecule has 1 aliphatic heterocycles. The highest BCUT2D eigenvalue weighted by Gasteiger charge is 2.27. The number of hydrogen-bond donors (Lipinski definition) is 1. The zero-order valence-electron chi connectivity index (χ0n) is 10.8. The lowest BCUT2D eigenvalue weighted by molar-refractivity contribution is -0.387. The van der Waals surface area contributed by atoms with Gasteiger partial charge in [-0.25, -0.2) is 0 Å². The minimum absolute atomic E-state index is 0.134. The molecule has 0 radical (unpaired) electrons. The third-order valence-electron chi connectivity index (χ3n) is 3.58. The number of benzene rings is 1. The van der Waals surface area contributed by atoms with Crippen molar-refractivity contribution in [2.24, 2.45) is 5.92 Å². The monoisotopic (exact) mass is 268 g/mol. The van der Waals surface area contributed by atoms with E-state index in [0.717, 1.165) is 6.42 Å². The van der Waals surface area contributed by atoms with Crippen molar-refractivity contribution >= 4 is 5.69 Å². The lowest BCUT2D eigenvalue weighted by Gasteiger charge is -2.31. The number of rotatable bonds is 4. The smallest absolute Gasteiger partial charge is 0.305 e. The summed E-state index contributed by atoms with van der Waals surface area (Å²) in [6, 6.07) is 4.57. The van der Waals surface area contributed by atoms with E-state index < -0.39 is 16.4 Å². The van der Waals surface area contributed by atoms with Gasteiger partial charge >= 0.3 is 5.69 Å². The molecule has 0 aromatic heterocycles. The van der Waals surface area contributed by atoms with Gasteiger partial charge in [0.1, 0.15) is 0 Å². The van der Waals surface area contributed by atoms with Gasteiger partial charge in [-0.15, -0.1) is 0 Å². The minimum Gasteiger partial charge on any atom is -0.381 e. The van der Waals surface area contributed by atoms with E-state index in [1.54, 1.807) is 6.07 Å². The average molecular weight is 268 g/mol. The maximum atomic E-state index is 14.0. The molecule has 1 N–H and O–H groups in total. The Labute approximate surface area is 110 Å². The number of halogens is 1. The van der Waals surface area contributed by atoms with E-state index in [0.29, 0.717) is 25.2 Å². The summed E-state index contributed by atoms with van der Waals surface area (Å²) in [5.74, 6) is -0.594. The summed E-state index contributed by atoms with van der Waals surface area (Å²) in [6.07, 6.45) is 1.32. The summed E-state index contributed by atoms with van der Waals surface area (Å²) in [5, 5.41) is 13.9. The molecule has 0 saturated carbocycles. The van der Waals surface area contributed by atoms with E-state index in [9.17, 15) is 14.5 Å². The van der Waals surface area contributed by atoms with Crippen molar-refractivity contribution in [3.8, 4) is 0 Å². The fraction of sp³-hybridized carbons (Fsp3) is 0.538. The van der Waals surface area contributed by atoms with Gasteiger partial charge in [-0.2, -0.15) is 4.39 Å². The molecular formula is C13H17FN2O3. The fourth-order valence-electron chi connectivity index (χ4n) is 2.53. The predicted octanol–water partition coefficient (Wildman–Crippen LogP) is 1.90. The van der Waals surface area contributed by atoms with Gasteiger partial charge in [0.15, 0.2) is 0 Å². The summed E-state index contributed by atoms with van der Waals surface area (Å²) in [7, 11) is 1.87. The first-order valence-electron chi connectivity index (χ1n) is 6.30. The molecule has 1 aromatic carbocycles. The quantitative estimate of drug-likeness (QED) is 0.669. The van der Waals surface area contributed by atoms with Gasteiger partial charge in [-0.3, -0.25) is 10.1 Å². The molecule has 5 nitrogen and oxygen atoms in total. The van der Waals surface area contributed by atoms with Crippen LogP contribution in [0.3, 0.4) is 0 Å². The normalized spacial score (nSPS) is 23.3. The molecule has 19 heavy (non-hydrogen) atoms. The summed E-state index contributed by atoms with van der Waals surface area (Å²) in [6.45, 7) is 1.24. The van der Waals surface area contributed by atoms with Crippen molar-refractivity contribution in [2.75, 3.05) is 20.3 Å². The van der Waals surface area contributed by atoms with Crippen molar-refractivity contribution in [1.29, 1.82) is 0 Å². The summed E-state index contributed by atoms with van der Waals surface area (Å²) >= 11 is 0. The fourth-order valence-corrected chi connectivity index (χ4v) is 2.53. The Kier molecular flexibility index (Phi) is 4.44. The largest absolute Gasteiger partial charge is 0.381 e. The van der Waals surface area contributed by atoms with Gasteiger partial charge in [0.25, 0.3) is 0 Å². The van der Waals surface area contributed by atoms with Gasteiger partial charge in [-0.05, 0) is 25.5 Å². The molecule has 2 unspecified atom stereocenters. The van der Waals surface area contributed by atoms with Crippen molar-refractivity contribution in [3.63, 3.8) is 0 Å². The van der Waals surface area contributed by atoms with Gasteiger partial charge in [0.2, 0.25) is 5.82 Å². The van der Waals surface area contributed by atoms with Crippen LogP contribution >= 0.6 is 0 Å². The van der Waals surface area contributed by atoms with Crippen LogP contribution in [0.1, 0.15) is 12.0 Å². The van der Waals surface area contributed by atoms with Crippen molar-refractivity contribution in [1.82, 2.24) is 5.32 Å². The Balaban J connectivity index is 2.18. The van der Waals surface area contributed by atoms with E-state index in [1.807, 2.05) is 7.05 Å². The highest BCUT2D eigenvalue weighted by molar-refractivity contribution is 5.37. The number of nitro groups is 1. The van der Waals surface area contributed by atoms with Crippen molar-refractivity contribution in [2.45, 2.75) is 18.9 Å². The summed E-state index contributed by atoms with van der Waals surface area (Å²) in [4.78, 5) is 10.0. The second-order valence-electron chi connectivity index (χ2n) is 4.73. The number of nitrogens with one attached hydrogen (secondary N) is 1. The Morgan fingerprint density at radius 3 is 3.05 bits per heavy atom. The van der Waals surface area contributed by atoms with Crippen LogP contribution in [0.25, 0.3) is 0 Å². The molecule has 2 atom stereocenters. The minimum atomic E-state index is -0.729. The third-order valence-corrected chi connectivity index (χ3v) is 3.58. The van der Waals surface area contributed by atoms with Crippen LogP contribution in [-0.4, -0.2) is 31.2 Å². The highest BCUT2D eigenvalue weighted by atomic mass is 19.1. The summed E-state index contributed by atoms with van der Waals surface area (Å²) < 4.78 is 19.4. The Bertz CT molecular complexity index is 467. The molecule has 1 aliphatic rings. The molecule has 1 fully saturated rings. The zero-order valence-corrected chi connectivity index (χ0v) is 10.8. The zero-order chi connectivity index (χ0) is 13.8. The van der Waals surface area contributed by atoms with Gasteiger partial charge in [-0.1, -0.05) is 12.1 Å². The molecule has 0 bridgehead atoms. The molecule has 0 amide bonds. The first-order chi connectivity index (χ1) is 9.13. The molecular weight excluding hydrogens is 251 g/mol. The first-order valence-corrected chi connectivity index (χ1v) is 6.30. The highest BCUT2D eigenvalue weighted by Crippen LogP contribution is 2.25. The van der Waals surface area contributed by atoms with Crippen LogP contribution in [0, 0.1) is 21.8 Å². The van der Waals surface area contributed by atoms with E-state index in [-0.39, 0.29) is 12.0 Å².